The number of rotatable bonds is 4. The lowest BCUT2D eigenvalue weighted by atomic mass is 9.97. The van der Waals surface area contributed by atoms with E-state index in [2.05, 4.69) is 66.7 Å². The minimum absolute atomic E-state index is 0.651. The monoisotopic (exact) mass is 542 g/mol. The van der Waals surface area contributed by atoms with Crippen molar-refractivity contribution in [3.8, 4) is 44.7 Å². The van der Waals surface area contributed by atoms with Gasteiger partial charge in [-0.15, -0.1) is 11.3 Å². The lowest BCUT2D eigenvalue weighted by molar-refractivity contribution is 1.08. The van der Waals surface area contributed by atoms with E-state index in [1.165, 1.54) is 4.70 Å². The van der Waals surface area contributed by atoms with Crippen LogP contribution in [0, 0.1) is 0 Å². The molecule has 8 aromatic rings. The van der Waals surface area contributed by atoms with Crippen molar-refractivity contribution in [2.45, 2.75) is 0 Å². The molecule has 0 radical (unpaired) electrons. The van der Waals surface area contributed by atoms with E-state index >= 15 is 0 Å². The summed E-state index contributed by atoms with van der Waals surface area (Å²) in [5.74, 6) is 1.96. The Morgan fingerprint density at radius 2 is 1.00 bits per heavy atom. The number of benzene rings is 6. The third-order valence-corrected chi connectivity index (χ3v) is 8.43. The Balaban J connectivity index is 1.38. The molecule has 6 aromatic carbocycles. The summed E-state index contributed by atoms with van der Waals surface area (Å²) in [4.78, 5) is 20.0. The normalized spacial score (nSPS) is 11.4. The van der Waals surface area contributed by atoms with Crippen LogP contribution in [-0.4, -0.2) is 19.9 Å². The van der Waals surface area contributed by atoms with Crippen molar-refractivity contribution in [2.24, 2.45) is 0 Å². The van der Waals surface area contributed by atoms with Crippen LogP contribution in [0.1, 0.15) is 0 Å². The highest BCUT2D eigenvalue weighted by atomic mass is 32.1. The minimum atomic E-state index is 0.651. The van der Waals surface area contributed by atoms with Gasteiger partial charge in [0, 0.05) is 27.6 Å². The van der Waals surface area contributed by atoms with Crippen molar-refractivity contribution in [1.82, 2.24) is 19.9 Å². The first-order chi connectivity index (χ1) is 20.3. The number of thiazole rings is 1. The van der Waals surface area contributed by atoms with Crippen LogP contribution in [-0.2, 0) is 0 Å². The molecule has 0 fully saturated rings. The summed E-state index contributed by atoms with van der Waals surface area (Å²) in [6.07, 6.45) is 0. The SMILES string of the molecule is c1ccc(-c2nc(-c3ccccc3)nc(-c3cccc4c3ccc3ccc5sc(-c6ccccc6)nc5c34)n2)cc1. The molecule has 0 atom stereocenters. The van der Waals surface area contributed by atoms with E-state index in [4.69, 9.17) is 19.9 Å². The zero-order chi connectivity index (χ0) is 27.2. The quantitative estimate of drug-likeness (QED) is 0.208. The van der Waals surface area contributed by atoms with Crippen molar-refractivity contribution in [3.05, 3.63) is 133 Å². The number of hydrogen-bond donors (Lipinski definition) is 0. The van der Waals surface area contributed by atoms with E-state index in [0.29, 0.717) is 17.5 Å². The van der Waals surface area contributed by atoms with Gasteiger partial charge in [-0.25, -0.2) is 19.9 Å². The Morgan fingerprint density at radius 3 is 1.66 bits per heavy atom. The molecule has 0 aliphatic heterocycles. The van der Waals surface area contributed by atoms with Gasteiger partial charge in [-0.1, -0.05) is 127 Å². The molecule has 0 aliphatic carbocycles. The van der Waals surface area contributed by atoms with Crippen molar-refractivity contribution >= 4 is 43.1 Å². The van der Waals surface area contributed by atoms with Crippen LogP contribution in [0.2, 0.25) is 0 Å². The number of nitrogens with zero attached hydrogens (tertiary/aromatic N) is 4. The lowest BCUT2D eigenvalue weighted by Crippen LogP contribution is -2.00. The van der Waals surface area contributed by atoms with Gasteiger partial charge in [-0.05, 0) is 22.2 Å². The van der Waals surface area contributed by atoms with Gasteiger partial charge < -0.3 is 0 Å². The Hall–Kier alpha value is -5.26. The van der Waals surface area contributed by atoms with Crippen LogP contribution < -0.4 is 0 Å². The zero-order valence-corrected chi connectivity index (χ0v) is 22.7. The van der Waals surface area contributed by atoms with E-state index in [1.807, 2.05) is 66.7 Å². The summed E-state index contributed by atoms with van der Waals surface area (Å²) in [5, 5.41) is 5.57. The fraction of sp³-hybridized carbons (Fsp3) is 0. The molecule has 2 heterocycles. The first-order valence-corrected chi connectivity index (χ1v) is 14.3. The van der Waals surface area contributed by atoms with Gasteiger partial charge in [-0.3, -0.25) is 0 Å². The molecule has 0 unspecified atom stereocenters. The number of aromatic nitrogens is 4. The highest BCUT2D eigenvalue weighted by Gasteiger charge is 2.17. The molecule has 2 aromatic heterocycles. The van der Waals surface area contributed by atoms with Gasteiger partial charge in [0.15, 0.2) is 17.5 Å². The maximum Gasteiger partial charge on any atom is 0.164 e. The Labute approximate surface area is 240 Å². The molecule has 41 heavy (non-hydrogen) atoms. The van der Waals surface area contributed by atoms with Gasteiger partial charge in [-0.2, -0.15) is 0 Å². The summed E-state index contributed by atoms with van der Waals surface area (Å²) >= 11 is 1.73. The first kappa shape index (κ1) is 23.6. The van der Waals surface area contributed by atoms with Crippen LogP contribution in [0.15, 0.2) is 133 Å². The van der Waals surface area contributed by atoms with Crippen LogP contribution in [0.25, 0.3) is 76.5 Å². The molecule has 5 heteroatoms. The average Bonchev–Trinajstić information content (AvgIpc) is 3.50. The summed E-state index contributed by atoms with van der Waals surface area (Å²) < 4.78 is 1.17. The van der Waals surface area contributed by atoms with E-state index < -0.39 is 0 Å². The van der Waals surface area contributed by atoms with Crippen molar-refractivity contribution < 1.29 is 0 Å². The highest BCUT2D eigenvalue weighted by Crippen LogP contribution is 2.39. The molecule has 0 bridgehead atoms. The predicted octanol–water partition coefficient (Wildman–Crippen LogP) is 9.46. The van der Waals surface area contributed by atoms with E-state index in [-0.39, 0.29) is 0 Å². The van der Waals surface area contributed by atoms with Gasteiger partial charge >= 0.3 is 0 Å². The van der Waals surface area contributed by atoms with E-state index in [0.717, 1.165) is 54.3 Å². The second kappa shape index (κ2) is 9.73. The topological polar surface area (TPSA) is 51.6 Å². The smallest absolute Gasteiger partial charge is 0.164 e. The summed E-state index contributed by atoms with van der Waals surface area (Å²) in [7, 11) is 0. The second-order valence-electron chi connectivity index (χ2n) is 9.90. The summed E-state index contributed by atoms with van der Waals surface area (Å²) in [6.45, 7) is 0. The van der Waals surface area contributed by atoms with Gasteiger partial charge in [0.25, 0.3) is 0 Å². The third kappa shape index (κ3) is 4.15. The molecule has 0 spiro atoms. The average molecular weight is 543 g/mol. The molecule has 0 saturated heterocycles. The number of fused-ring (bicyclic) bond motifs is 5. The zero-order valence-electron chi connectivity index (χ0n) is 21.9. The maximum absolute atomic E-state index is 5.15. The van der Waals surface area contributed by atoms with Crippen molar-refractivity contribution in [1.29, 1.82) is 0 Å². The molecule has 0 amide bonds. The van der Waals surface area contributed by atoms with Gasteiger partial charge in [0.2, 0.25) is 0 Å². The predicted molar refractivity (Wildman–Crippen MR) is 170 cm³/mol. The molecular formula is C36H22N4S. The molecule has 8 rings (SSSR count). The Bertz CT molecular complexity index is 2130. The van der Waals surface area contributed by atoms with Crippen LogP contribution in [0.3, 0.4) is 0 Å². The van der Waals surface area contributed by atoms with Crippen LogP contribution in [0.4, 0.5) is 0 Å². The maximum atomic E-state index is 5.15. The van der Waals surface area contributed by atoms with E-state index in [1.54, 1.807) is 11.3 Å². The van der Waals surface area contributed by atoms with E-state index in [9.17, 15) is 0 Å². The van der Waals surface area contributed by atoms with Crippen molar-refractivity contribution in [2.75, 3.05) is 0 Å². The summed E-state index contributed by atoms with van der Waals surface area (Å²) in [5.41, 5.74) is 5.04. The standard InChI is InChI=1S/C36H22N4S/c1-4-11-24(12-5-1)33-38-34(25-13-6-2-7-14-25)40-35(39-33)29-18-10-17-28-27(29)21-19-23-20-22-30-32(31(23)28)37-36(41-30)26-15-8-3-9-16-26/h1-22H. The third-order valence-electron chi connectivity index (χ3n) is 7.36. The van der Waals surface area contributed by atoms with Crippen molar-refractivity contribution in [3.63, 3.8) is 0 Å². The molecule has 4 nitrogen and oxygen atoms in total. The fourth-order valence-electron chi connectivity index (χ4n) is 5.40. The van der Waals surface area contributed by atoms with Crippen LogP contribution in [0.5, 0.6) is 0 Å². The molecule has 192 valence electrons. The Morgan fingerprint density at radius 1 is 0.415 bits per heavy atom. The lowest BCUT2D eigenvalue weighted by Gasteiger charge is -2.11. The van der Waals surface area contributed by atoms with Crippen LogP contribution >= 0.6 is 11.3 Å². The fourth-order valence-corrected chi connectivity index (χ4v) is 6.38. The molecule has 0 aliphatic rings. The molecule has 0 saturated carbocycles. The number of hydrogen-bond acceptors (Lipinski definition) is 5. The summed E-state index contributed by atoms with van der Waals surface area (Å²) in [6, 6.07) is 45.7. The van der Waals surface area contributed by atoms with Gasteiger partial charge in [0.1, 0.15) is 5.01 Å². The molecular weight excluding hydrogens is 520 g/mol. The first-order valence-electron chi connectivity index (χ1n) is 13.5. The molecule has 0 N–H and O–H groups in total. The Kier molecular flexibility index (Phi) is 5.61. The largest absolute Gasteiger partial charge is 0.235 e. The highest BCUT2D eigenvalue weighted by molar-refractivity contribution is 7.21. The second-order valence-corrected chi connectivity index (χ2v) is 10.9. The minimum Gasteiger partial charge on any atom is -0.235 e. The van der Waals surface area contributed by atoms with Gasteiger partial charge in [0.05, 0.1) is 10.2 Å².